The molecule has 1 fully saturated rings. The van der Waals surface area contributed by atoms with Crippen molar-refractivity contribution in [3.8, 4) is 11.3 Å². The summed E-state index contributed by atoms with van der Waals surface area (Å²) in [5.74, 6) is 1.56. The van der Waals surface area contributed by atoms with E-state index in [-0.39, 0.29) is 11.3 Å². The van der Waals surface area contributed by atoms with Crippen molar-refractivity contribution in [1.29, 1.82) is 0 Å². The molecule has 33 heavy (non-hydrogen) atoms. The van der Waals surface area contributed by atoms with Gasteiger partial charge in [0.05, 0.1) is 5.69 Å². The van der Waals surface area contributed by atoms with Crippen LogP contribution in [0.4, 0.5) is 0 Å². The van der Waals surface area contributed by atoms with Gasteiger partial charge in [0.15, 0.2) is 5.76 Å². The van der Waals surface area contributed by atoms with Crippen LogP contribution in [0.2, 0.25) is 0 Å². The normalized spacial score (nSPS) is 18.8. The minimum Gasteiger partial charge on any atom is -0.356 e. The van der Waals surface area contributed by atoms with E-state index in [4.69, 9.17) is 4.52 Å². The van der Waals surface area contributed by atoms with Crippen LogP contribution in [-0.4, -0.2) is 29.1 Å². The second kappa shape index (κ2) is 10.3. The SMILES string of the molecule is CC(C)(C)c1ccc(-c2cc(CC3CNCCC3CC(=O)NCc3cccnc3)no2)cc1. The Morgan fingerprint density at radius 3 is 2.73 bits per heavy atom. The van der Waals surface area contributed by atoms with E-state index in [9.17, 15) is 4.79 Å². The lowest BCUT2D eigenvalue weighted by Gasteiger charge is -2.31. The van der Waals surface area contributed by atoms with Crippen molar-refractivity contribution in [1.82, 2.24) is 20.8 Å². The minimum atomic E-state index is 0.0931. The third-order valence-electron chi connectivity index (χ3n) is 6.49. The van der Waals surface area contributed by atoms with E-state index in [2.05, 4.69) is 65.8 Å². The highest BCUT2D eigenvalue weighted by molar-refractivity contribution is 5.76. The highest BCUT2D eigenvalue weighted by Crippen LogP contribution is 2.29. The van der Waals surface area contributed by atoms with Gasteiger partial charge in [-0.05, 0) is 60.4 Å². The molecule has 6 nitrogen and oxygen atoms in total. The number of carbonyl (C=O) groups is 1. The van der Waals surface area contributed by atoms with Gasteiger partial charge in [-0.15, -0.1) is 0 Å². The second-order valence-electron chi connectivity index (χ2n) is 10.1. The Morgan fingerprint density at radius 1 is 1.18 bits per heavy atom. The number of piperidine rings is 1. The molecule has 2 N–H and O–H groups in total. The van der Waals surface area contributed by atoms with Crippen LogP contribution < -0.4 is 10.6 Å². The lowest BCUT2D eigenvalue weighted by molar-refractivity contribution is -0.122. The summed E-state index contributed by atoms with van der Waals surface area (Å²) in [6.45, 7) is 8.99. The lowest BCUT2D eigenvalue weighted by atomic mass is 9.81. The summed E-state index contributed by atoms with van der Waals surface area (Å²) in [6.07, 6.45) is 5.85. The zero-order valence-electron chi connectivity index (χ0n) is 19.8. The molecular formula is C27H34N4O2. The smallest absolute Gasteiger partial charge is 0.220 e. The molecule has 0 saturated carbocycles. The van der Waals surface area contributed by atoms with E-state index in [0.29, 0.717) is 24.8 Å². The van der Waals surface area contributed by atoms with Crippen molar-refractivity contribution in [2.45, 2.75) is 52.0 Å². The maximum atomic E-state index is 12.6. The van der Waals surface area contributed by atoms with Crippen molar-refractivity contribution in [2.75, 3.05) is 13.1 Å². The summed E-state index contributed by atoms with van der Waals surface area (Å²) >= 11 is 0. The van der Waals surface area contributed by atoms with Gasteiger partial charge in [-0.2, -0.15) is 0 Å². The molecule has 6 heteroatoms. The third kappa shape index (κ3) is 6.29. The van der Waals surface area contributed by atoms with E-state index >= 15 is 0 Å². The average molecular weight is 447 g/mol. The molecule has 3 heterocycles. The molecule has 1 saturated heterocycles. The summed E-state index contributed by atoms with van der Waals surface area (Å²) in [6, 6.07) is 14.4. The Hall–Kier alpha value is -2.99. The monoisotopic (exact) mass is 446 g/mol. The first-order valence-electron chi connectivity index (χ1n) is 11.8. The number of carbonyl (C=O) groups excluding carboxylic acids is 1. The fourth-order valence-corrected chi connectivity index (χ4v) is 4.45. The van der Waals surface area contributed by atoms with E-state index < -0.39 is 0 Å². The molecule has 2 aromatic heterocycles. The third-order valence-corrected chi connectivity index (χ3v) is 6.49. The van der Waals surface area contributed by atoms with E-state index in [1.54, 1.807) is 12.4 Å². The number of hydrogen-bond acceptors (Lipinski definition) is 5. The Morgan fingerprint density at radius 2 is 2.00 bits per heavy atom. The quantitative estimate of drug-likeness (QED) is 0.558. The highest BCUT2D eigenvalue weighted by atomic mass is 16.5. The first kappa shape index (κ1) is 23.2. The average Bonchev–Trinajstić information content (AvgIpc) is 3.28. The standard InChI is InChI=1S/C27H34N4O2/c1-27(2,3)23-8-6-20(7-9-23)25-15-24(31-33-25)13-22-18-29-12-10-21(22)14-26(32)30-17-19-5-4-11-28-16-19/h4-9,11,15-16,21-22,29H,10,12-14,17-18H2,1-3H3,(H,30,32). The Bertz CT molecular complexity index is 1040. The highest BCUT2D eigenvalue weighted by Gasteiger charge is 2.28. The molecule has 1 aromatic carbocycles. The molecule has 0 radical (unpaired) electrons. The van der Waals surface area contributed by atoms with Gasteiger partial charge >= 0.3 is 0 Å². The van der Waals surface area contributed by atoms with Crippen LogP contribution in [0.3, 0.4) is 0 Å². The van der Waals surface area contributed by atoms with Crippen molar-refractivity contribution >= 4 is 5.91 Å². The minimum absolute atomic E-state index is 0.0931. The Balaban J connectivity index is 1.35. The number of rotatable bonds is 7. The van der Waals surface area contributed by atoms with Gasteiger partial charge in [0.1, 0.15) is 0 Å². The molecule has 4 rings (SSSR count). The van der Waals surface area contributed by atoms with E-state index in [1.165, 1.54) is 5.56 Å². The van der Waals surface area contributed by atoms with Gasteiger partial charge in [0.2, 0.25) is 5.91 Å². The Labute approximate surface area is 196 Å². The van der Waals surface area contributed by atoms with Gasteiger partial charge in [-0.25, -0.2) is 0 Å². The largest absolute Gasteiger partial charge is 0.356 e. The van der Waals surface area contributed by atoms with Gasteiger partial charge in [0.25, 0.3) is 0 Å². The van der Waals surface area contributed by atoms with Gasteiger partial charge in [-0.1, -0.05) is 56.3 Å². The number of pyridine rings is 1. The van der Waals surface area contributed by atoms with Crippen molar-refractivity contribution in [3.63, 3.8) is 0 Å². The van der Waals surface area contributed by atoms with Crippen LogP contribution in [0.15, 0.2) is 59.4 Å². The molecule has 2 atom stereocenters. The molecule has 0 bridgehead atoms. The number of amides is 1. The molecular weight excluding hydrogens is 412 g/mol. The molecule has 1 amide bonds. The zero-order chi connectivity index (χ0) is 23.3. The number of benzene rings is 1. The summed E-state index contributed by atoms with van der Waals surface area (Å²) in [7, 11) is 0. The van der Waals surface area contributed by atoms with Crippen LogP contribution in [0.5, 0.6) is 0 Å². The predicted octanol–water partition coefficient (Wildman–Crippen LogP) is 4.51. The van der Waals surface area contributed by atoms with Crippen molar-refractivity contribution in [3.05, 3.63) is 71.7 Å². The first-order valence-corrected chi connectivity index (χ1v) is 11.8. The summed E-state index contributed by atoms with van der Waals surface area (Å²) in [4.78, 5) is 16.7. The number of aromatic nitrogens is 2. The van der Waals surface area contributed by atoms with Gasteiger partial charge in [-0.3, -0.25) is 9.78 Å². The summed E-state index contributed by atoms with van der Waals surface area (Å²) in [5, 5.41) is 10.9. The first-order chi connectivity index (χ1) is 15.9. The van der Waals surface area contributed by atoms with Crippen LogP contribution in [0.25, 0.3) is 11.3 Å². The fraction of sp³-hybridized carbons (Fsp3) is 0.444. The molecule has 3 aromatic rings. The van der Waals surface area contributed by atoms with Crippen molar-refractivity contribution < 1.29 is 9.32 Å². The van der Waals surface area contributed by atoms with Crippen LogP contribution in [0, 0.1) is 11.8 Å². The fourth-order valence-electron chi connectivity index (χ4n) is 4.45. The lowest BCUT2D eigenvalue weighted by Crippen LogP contribution is -2.40. The van der Waals surface area contributed by atoms with Crippen LogP contribution >= 0.6 is 0 Å². The van der Waals surface area contributed by atoms with E-state index in [1.807, 2.05) is 18.2 Å². The number of nitrogens with zero attached hydrogens (tertiary/aromatic N) is 2. The molecule has 0 aliphatic carbocycles. The van der Waals surface area contributed by atoms with Crippen LogP contribution in [-0.2, 0) is 23.2 Å². The van der Waals surface area contributed by atoms with Gasteiger partial charge in [0, 0.05) is 37.0 Å². The van der Waals surface area contributed by atoms with Crippen LogP contribution in [0.1, 0.15) is 50.4 Å². The topological polar surface area (TPSA) is 80.0 Å². The maximum Gasteiger partial charge on any atom is 0.220 e. The number of hydrogen-bond donors (Lipinski definition) is 2. The molecule has 1 aliphatic heterocycles. The Kier molecular flexibility index (Phi) is 7.23. The molecule has 174 valence electrons. The second-order valence-corrected chi connectivity index (χ2v) is 10.1. The molecule has 2 unspecified atom stereocenters. The van der Waals surface area contributed by atoms with E-state index in [0.717, 1.165) is 48.5 Å². The summed E-state index contributed by atoms with van der Waals surface area (Å²) < 4.78 is 5.67. The molecule has 0 spiro atoms. The zero-order valence-corrected chi connectivity index (χ0v) is 19.8. The van der Waals surface area contributed by atoms with Gasteiger partial charge < -0.3 is 15.2 Å². The van der Waals surface area contributed by atoms with Crippen molar-refractivity contribution in [2.24, 2.45) is 11.8 Å². The number of nitrogens with one attached hydrogen (secondary N) is 2. The maximum absolute atomic E-state index is 12.6. The molecule has 1 aliphatic rings. The predicted molar refractivity (Wildman–Crippen MR) is 130 cm³/mol. The summed E-state index contributed by atoms with van der Waals surface area (Å²) in [5.41, 5.74) is 4.41.